The fourth-order valence-corrected chi connectivity index (χ4v) is 3.26. The number of amides is 1. The van der Waals surface area contributed by atoms with Crippen molar-refractivity contribution in [3.8, 4) is 0 Å². The Labute approximate surface area is 112 Å². The first-order valence-electron chi connectivity index (χ1n) is 5.90. The molecule has 1 rings (SSSR count). The zero-order valence-corrected chi connectivity index (χ0v) is 11.2. The number of carbonyl (C=O) groups excluding carboxylic acids is 1. The molecule has 0 aromatic heterocycles. The minimum atomic E-state index is -1.09. The number of aliphatic carboxylic acids is 1. The smallest absolute Gasteiger partial charge is 0.330 e. The second-order valence-corrected chi connectivity index (χ2v) is 5.53. The fourth-order valence-electron chi connectivity index (χ4n) is 1.94. The summed E-state index contributed by atoms with van der Waals surface area (Å²) in [6.45, 7) is 7.23. The van der Waals surface area contributed by atoms with Gasteiger partial charge >= 0.3 is 5.97 Å². The van der Waals surface area contributed by atoms with Crippen molar-refractivity contribution < 1.29 is 14.7 Å². The number of nitrogens with one attached hydrogen (secondary N) is 1. The van der Waals surface area contributed by atoms with Crippen LogP contribution in [0.3, 0.4) is 0 Å². The molecule has 1 aliphatic heterocycles. The van der Waals surface area contributed by atoms with Gasteiger partial charge in [0.15, 0.2) is 0 Å². The molecule has 0 aromatic carbocycles. The van der Waals surface area contributed by atoms with E-state index in [0.717, 1.165) is 5.75 Å². The summed E-state index contributed by atoms with van der Waals surface area (Å²) < 4.78 is 0. The van der Waals surface area contributed by atoms with Gasteiger partial charge in [-0.1, -0.05) is 12.2 Å². The number of hydrogen-bond acceptors (Lipinski definition) is 3. The molecule has 0 spiro atoms. The second-order valence-electron chi connectivity index (χ2n) is 4.42. The van der Waals surface area contributed by atoms with E-state index in [2.05, 4.69) is 18.5 Å². The average Bonchev–Trinajstić information content (AvgIpc) is 2.78. The second kappa shape index (κ2) is 6.64. The molecule has 1 atom stereocenters. The maximum absolute atomic E-state index is 12.1. The Bertz CT molecular complexity index is 338. The Morgan fingerprint density at radius 2 is 2.00 bits per heavy atom. The Balaban J connectivity index is 2.73. The topological polar surface area (TPSA) is 66.4 Å². The molecule has 1 aliphatic rings. The maximum atomic E-state index is 12.1. The summed E-state index contributed by atoms with van der Waals surface area (Å²) in [6.07, 6.45) is 4.88. The highest BCUT2D eigenvalue weighted by molar-refractivity contribution is 7.99. The molecule has 1 amide bonds. The molecule has 2 N–H and O–H groups in total. The van der Waals surface area contributed by atoms with Crippen LogP contribution in [0.5, 0.6) is 0 Å². The number of hydrogen-bond donors (Lipinski definition) is 2. The highest BCUT2D eigenvalue weighted by Crippen LogP contribution is 2.29. The van der Waals surface area contributed by atoms with Crippen LogP contribution >= 0.6 is 11.8 Å². The van der Waals surface area contributed by atoms with Crippen LogP contribution < -0.4 is 5.32 Å². The SMILES string of the molecule is C=CCC(CC=C)C(=O)NC1(C(=O)O)CCSC1. The van der Waals surface area contributed by atoms with Crippen LogP contribution in [0.4, 0.5) is 0 Å². The first-order valence-corrected chi connectivity index (χ1v) is 7.06. The van der Waals surface area contributed by atoms with E-state index in [9.17, 15) is 14.7 Å². The van der Waals surface area contributed by atoms with E-state index in [1.807, 2.05) is 0 Å². The molecule has 5 heteroatoms. The molecule has 4 nitrogen and oxygen atoms in total. The molecule has 100 valence electrons. The third kappa shape index (κ3) is 3.38. The van der Waals surface area contributed by atoms with Crippen LogP contribution in [0.15, 0.2) is 25.3 Å². The van der Waals surface area contributed by atoms with Gasteiger partial charge < -0.3 is 10.4 Å². The molecule has 0 bridgehead atoms. The minimum Gasteiger partial charge on any atom is -0.479 e. The van der Waals surface area contributed by atoms with Crippen LogP contribution in [-0.4, -0.2) is 34.0 Å². The van der Waals surface area contributed by atoms with Gasteiger partial charge in [0.1, 0.15) is 5.54 Å². The number of thioether (sulfide) groups is 1. The third-order valence-corrected chi connectivity index (χ3v) is 4.26. The van der Waals surface area contributed by atoms with E-state index in [1.165, 1.54) is 0 Å². The fraction of sp³-hybridized carbons (Fsp3) is 0.538. The van der Waals surface area contributed by atoms with Crippen molar-refractivity contribution in [1.29, 1.82) is 0 Å². The van der Waals surface area contributed by atoms with Crippen molar-refractivity contribution in [2.45, 2.75) is 24.8 Å². The average molecular weight is 269 g/mol. The van der Waals surface area contributed by atoms with Gasteiger partial charge in [-0.15, -0.1) is 13.2 Å². The molecule has 0 saturated carbocycles. The van der Waals surface area contributed by atoms with E-state index in [0.29, 0.717) is 25.0 Å². The number of allylic oxidation sites excluding steroid dienone is 2. The Morgan fingerprint density at radius 1 is 1.39 bits per heavy atom. The number of carbonyl (C=O) groups is 2. The van der Waals surface area contributed by atoms with Crippen molar-refractivity contribution in [2.24, 2.45) is 5.92 Å². The van der Waals surface area contributed by atoms with E-state index in [4.69, 9.17) is 0 Å². The van der Waals surface area contributed by atoms with Crippen LogP contribution in [0.1, 0.15) is 19.3 Å². The quantitative estimate of drug-likeness (QED) is 0.692. The Morgan fingerprint density at radius 3 is 2.39 bits per heavy atom. The number of carboxylic acids is 1. The van der Waals surface area contributed by atoms with Crippen LogP contribution in [-0.2, 0) is 9.59 Å². The van der Waals surface area contributed by atoms with Gasteiger partial charge in [-0.3, -0.25) is 4.79 Å². The Kier molecular flexibility index (Phi) is 5.47. The molecule has 1 heterocycles. The lowest BCUT2D eigenvalue weighted by Gasteiger charge is -2.26. The molecule has 1 fully saturated rings. The third-order valence-electron chi connectivity index (χ3n) is 3.07. The summed E-state index contributed by atoms with van der Waals surface area (Å²) in [7, 11) is 0. The first-order chi connectivity index (χ1) is 8.55. The molecule has 0 aromatic rings. The minimum absolute atomic E-state index is 0.222. The largest absolute Gasteiger partial charge is 0.479 e. The van der Waals surface area contributed by atoms with Crippen molar-refractivity contribution in [3.63, 3.8) is 0 Å². The lowest BCUT2D eigenvalue weighted by molar-refractivity contribution is -0.147. The van der Waals surface area contributed by atoms with Crippen molar-refractivity contribution in [3.05, 3.63) is 25.3 Å². The van der Waals surface area contributed by atoms with Crippen LogP contribution in [0, 0.1) is 5.92 Å². The highest BCUT2D eigenvalue weighted by Gasteiger charge is 2.43. The summed E-state index contributed by atoms with van der Waals surface area (Å²) in [4.78, 5) is 23.4. The van der Waals surface area contributed by atoms with E-state index < -0.39 is 11.5 Å². The van der Waals surface area contributed by atoms with Gasteiger partial charge in [0.25, 0.3) is 0 Å². The lowest BCUT2D eigenvalue weighted by atomic mass is 9.95. The molecule has 0 radical (unpaired) electrons. The number of carboxylic acid groups (broad SMARTS) is 1. The zero-order chi connectivity index (χ0) is 13.6. The van der Waals surface area contributed by atoms with Gasteiger partial charge in [-0.05, 0) is 25.0 Å². The summed E-state index contributed by atoms with van der Waals surface area (Å²) in [5.74, 6) is -0.248. The van der Waals surface area contributed by atoms with E-state index in [-0.39, 0.29) is 11.8 Å². The summed E-state index contributed by atoms with van der Waals surface area (Å²) >= 11 is 1.55. The van der Waals surface area contributed by atoms with E-state index in [1.54, 1.807) is 23.9 Å². The van der Waals surface area contributed by atoms with Gasteiger partial charge in [0.05, 0.1) is 0 Å². The van der Waals surface area contributed by atoms with Crippen LogP contribution in [0.25, 0.3) is 0 Å². The predicted molar refractivity (Wildman–Crippen MR) is 73.6 cm³/mol. The summed E-state index contributed by atoms with van der Waals surface area (Å²) in [5.41, 5.74) is -1.09. The van der Waals surface area contributed by atoms with Gasteiger partial charge in [0.2, 0.25) is 5.91 Å². The van der Waals surface area contributed by atoms with E-state index >= 15 is 0 Å². The molecular formula is C13H19NO3S. The monoisotopic (exact) mass is 269 g/mol. The lowest BCUT2D eigenvalue weighted by Crippen LogP contribution is -2.56. The van der Waals surface area contributed by atoms with Crippen molar-refractivity contribution in [2.75, 3.05) is 11.5 Å². The summed E-state index contributed by atoms with van der Waals surface area (Å²) in [5, 5.41) is 12.0. The highest BCUT2D eigenvalue weighted by atomic mass is 32.2. The standard InChI is InChI=1S/C13H19NO3S/c1-3-5-10(6-4-2)11(15)14-13(12(16)17)7-8-18-9-13/h3-4,10H,1-2,5-9H2,(H,14,15)(H,16,17). The maximum Gasteiger partial charge on any atom is 0.330 e. The predicted octanol–water partition coefficient (Wildman–Crippen LogP) is 1.83. The molecule has 0 aliphatic carbocycles. The molecule has 1 unspecified atom stereocenters. The number of rotatable bonds is 7. The van der Waals surface area contributed by atoms with Gasteiger partial charge in [0, 0.05) is 11.7 Å². The molecule has 18 heavy (non-hydrogen) atoms. The summed E-state index contributed by atoms with van der Waals surface area (Å²) in [6, 6.07) is 0. The first kappa shape index (κ1) is 14.8. The van der Waals surface area contributed by atoms with Crippen LogP contribution in [0.2, 0.25) is 0 Å². The van der Waals surface area contributed by atoms with Gasteiger partial charge in [-0.2, -0.15) is 11.8 Å². The normalized spacial score (nSPS) is 22.7. The molecular weight excluding hydrogens is 250 g/mol. The zero-order valence-electron chi connectivity index (χ0n) is 10.4. The van der Waals surface area contributed by atoms with Crippen molar-refractivity contribution in [1.82, 2.24) is 5.32 Å². The van der Waals surface area contributed by atoms with Crippen molar-refractivity contribution >= 4 is 23.6 Å². The Hall–Kier alpha value is -1.23. The van der Waals surface area contributed by atoms with Gasteiger partial charge in [-0.25, -0.2) is 4.79 Å². The molecule has 1 saturated heterocycles.